The minimum absolute atomic E-state index is 0.114. The summed E-state index contributed by atoms with van der Waals surface area (Å²) in [5, 5.41) is 2.87. The second-order valence-electron chi connectivity index (χ2n) is 4.52. The number of nitrogens with one attached hydrogen (secondary N) is 1. The molecule has 1 aromatic rings. The van der Waals surface area contributed by atoms with E-state index < -0.39 is 19.3 Å². The van der Waals surface area contributed by atoms with Crippen LogP contribution < -0.4 is 5.09 Å². The molecule has 0 fully saturated rings. The van der Waals surface area contributed by atoms with Gasteiger partial charge in [0.05, 0.1) is 7.11 Å². The summed E-state index contributed by atoms with van der Waals surface area (Å²) >= 11 is 0. The molecule has 0 aliphatic rings. The van der Waals surface area contributed by atoms with E-state index in [1.54, 1.807) is 32.0 Å². The zero-order chi connectivity index (χ0) is 15.2. The van der Waals surface area contributed by atoms with Crippen LogP contribution in [-0.2, 0) is 20.5 Å². The van der Waals surface area contributed by atoms with Crippen LogP contribution >= 0.6 is 7.29 Å². The Hall–Kier alpha value is -1.19. The Kier molecular flexibility index (Phi) is 6.37. The number of benzene rings is 1. The Balaban J connectivity index is 2.94. The third kappa shape index (κ3) is 4.43. The summed E-state index contributed by atoms with van der Waals surface area (Å²) in [5.74, 6) is -0.915. The Bertz CT molecular complexity index is 499. The number of hydrogen-bond acceptors (Lipinski definition) is 3. The number of methoxy groups -OCH3 is 1. The Morgan fingerprint density at radius 3 is 2.45 bits per heavy atom. The molecule has 0 heterocycles. The molecule has 1 rings (SSSR count). The van der Waals surface area contributed by atoms with Crippen LogP contribution in [0.1, 0.15) is 19.4 Å². The molecule has 20 heavy (non-hydrogen) atoms. The number of rotatable bonds is 7. The largest absolute Gasteiger partial charge is 0.468 e. The molecule has 112 valence electrons. The maximum absolute atomic E-state index is 13.7. The molecule has 0 aliphatic heterocycles. The smallest absolute Gasteiger partial charge is 0.323 e. The van der Waals surface area contributed by atoms with Gasteiger partial charge in [-0.2, -0.15) is 0 Å². The summed E-state index contributed by atoms with van der Waals surface area (Å²) in [5.41, 5.74) is 0.397. The monoisotopic (exact) mass is 301 g/mol. The van der Waals surface area contributed by atoms with Gasteiger partial charge in [0, 0.05) is 18.7 Å². The molecule has 0 amide bonds. The standard InChI is InChI=1S/C14H21FNO3P/c1-4-20(18,5-2)16-13(14(17)19-3)10-11-8-6-7-9-12(11)15/h6-9,13H,4-5,10H2,1-3H3,(H,16,18)/t13-/m0/s1. The minimum Gasteiger partial charge on any atom is -0.468 e. The van der Waals surface area contributed by atoms with Crippen LogP contribution in [0.3, 0.4) is 0 Å². The second kappa shape index (κ2) is 7.55. The topological polar surface area (TPSA) is 55.4 Å². The predicted octanol–water partition coefficient (Wildman–Crippen LogP) is 2.82. The normalized spacial score (nSPS) is 13.0. The fraction of sp³-hybridized carbons (Fsp3) is 0.500. The van der Waals surface area contributed by atoms with E-state index in [4.69, 9.17) is 4.74 Å². The van der Waals surface area contributed by atoms with Crippen molar-refractivity contribution in [2.45, 2.75) is 26.3 Å². The van der Waals surface area contributed by atoms with Crippen molar-refractivity contribution in [3.63, 3.8) is 0 Å². The molecule has 1 N–H and O–H groups in total. The number of carbonyl (C=O) groups is 1. The van der Waals surface area contributed by atoms with Crippen molar-refractivity contribution in [2.24, 2.45) is 0 Å². The quantitative estimate of drug-likeness (QED) is 0.621. The lowest BCUT2D eigenvalue weighted by Gasteiger charge is -2.23. The lowest BCUT2D eigenvalue weighted by Crippen LogP contribution is -2.38. The fourth-order valence-corrected chi connectivity index (χ4v) is 3.48. The van der Waals surface area contributed by atoms with Crippen LogP contribution in [0, 0.1) is 5.82 Å². The van der Waals surface area contributed by atoms with Gasteiger partial charge >= 0.3 is 5.97 Å². The second-order valence-corrected chi connectivity index (χ2v) is 7.82. The summed E-state index contributed by atoms with van der Waals surface area (Å²) < 4.78 is 30.8. The van der Waals surface area contributed by atoms with Crippen molar-refractivity contribution in [3.05, 3.63) is 35.6 Å². The number of halogens is 1. The Morgan fingerprint density at radius 2 is 1.95 bits per heavy atom. The van der Waals surface area contributed by atoms with Gasteiger partial charge in [-0.05, 0) is 11.6 Å². The van der Waals surface area contributed by atoms with E-state index in [-0.39, 0.29) is 12.2 Å². The highest BCUT2D eigenvalue weighted by atomic mass is 31.2. The molecule has 0 saturated heterocycles. The van der Waals surface area contributed by atoms with Crippen molar-refractivity contribution in [2.75, 3.05) is 19.4 Å². The number of carbonyl (C=O) groups excluding carboxylic acids is 1. The maximum atomic E-state index is 13.7. The number of hydrogen-bond donors (Lipinski definition) is 1. The van der Waals surface area contributed by atoms with Gasteiger partial charge in [-0.15, -0.1) is 0 Å². The van der Waals surface area contributed by atoms with E-state index in [9.17, 15) is 13.8 Å². The summed E-state index contributed by atoms with van der Waals surface area (Å²) in [6.07, 6.45) is 0.992. The molecule has 0 radical (unpaired) electrons. The van der Waals surface area contributed by atoms with E-state index in [1.165, 1.54) is 13.2 Å². The highest BCUT2D eigenvalue weighted by molar-refractivity contribution is 7.61. The summed E-state index contributed by atoms with van der Waals surface area (Å²) in [6, 6.07) is 5.43. The van der Waals surface area contributed by atoms with Gasteiger partial charge in [0.1, 0.15) is 19.2 Å². The highest BCUT2D eigenvalue weighted by Gasteiger charge is 2.28. The highest BCUT2D eigenvalue weighted by Crippen LogP contribution is 2.40. The first kappa shape index (κ1) is 16.9. The first-order valence-electron chi connectivity index (χ1n) is 6.62. The summed E-state index contributed by atoms with van der Waals surface area (Å²) in [7, 11) is -1.36. The van der Waals surface area contributed by atoms with Crippen LogP contribution in [0.2, 0.25) is 0 Å². The molecule has 0 aliphatic carbocycles. The Morgan fingerprint density at radius 1 is 1.35 bits per heavy atom. The van der Waals surface area contributed by atoms with Gasteiger partial charge in [0.15, 0.2) is 0 Å². The van der Waals surface area contributed by atoms with Crippen LogP contribution in [0.15, 0.2) is 24.3 Å². The molecular weight excluding hydrogens is 280 g/mol. The van der Waals surface area contributed by atoms with E-state index in [0.29, 0.717) is 17.9 Å². The minimum atomic E-state index is -2.63. The lowest BCUT2D eigenvalue weighted by atomic mass is 10.1. The van der Waals surface area contributed by atoms with Crippen molar-refractivity contribution >= 4 is 13.3 Å². The van der Waals surface area contributed by atoms with Gasteiger partial charge in [-0.1, -0.05) is 32.0 Å². The van der Waals surface area contributed by atoms with Crippen LogP contribution in [0.5, 0.6) is 0 Å². The average Bonchev–Trinajstić information content (AvgIpc) is 2.47. The van der Waals surface area contributed by atoms with E-state index >= 15 is 0 Å². The molecule has 0 aromatic heterocycles. The van der Waals surface area contributed by atoms with Crippen molar-refractivity contribution in [1.82, 2.24) is 5.09 Å². The van der Waals surface area contributed by atoms with Crippen molar-refractivity contribution in [3.8, 4) is 0 Å². The molecule has 0 bridgehead atoms. The molecule has 1 atom stereocenters. The molecule has 4 nitrogen and oxygen atoms in total. The van der Waals surface area contributed by atoms with Crippen LogP contribution in [-0.4, -0.2) is 31.4 Å². The lowest BCUT2D eigenvalue weighted by molar-refractivity contribution is -0.142. The maximum Gasteiger partial charge on any atom is 0.323 e. The molecule has 0 saturated carbocycles. The van der Waals surface area contributed by atoms with E-state index in [2.05, 4.69) is 5.09 Å². The molecule has 0 unspecified atom stereocenters. The summed E-state index contributed by atoms with van der Waals surface area (Å²) in [4.78, 5) is 11.8. The molecular formula is C14H21FNO3P. The van der Waals surface area contributed by atoms with Gasteiger partial charge < -0.3 is 9.30 Å². The summed E-state index contributed by atoms with van der Waals surface area (Å²) in [6.45, 7) is 3.60. The molecule has 1 aromatic carbocycles. The Labute approximate surface area is 119 Å². The van der Waals surface area contributed by atoms with Gasteiger partial charge in [-0.25, -0.2) is 4.39 Å². The van der Waals surface area contributed by atoms with Crippen molar-refractivity contribution < 1.29 is 18.5 Å². The average molecular weight is 301 g/mol. The first-order chi connectivity index (χ1) is 9.45. The molecule has 6 heteroatoms. The van der Waals surface area contributed by atoms with Gasteiger partial charge in [0.2, 0.25) is 0 Å². The number of ether oxygens (including phenoxy) is 1. The third-order valence-corrected chi connectivity index (χ3v) is 6.11. The predicted molar refractivity (Wildman–Crippen MR) is 77.7 cm³/mol. The fourth-order valence-electron chi connectivity index (χ4n) is 1.90. The van der Waals surface area contributed by atoms with Crippen LogP contribution in [0.4, 0.5) is 4.39 Å². The zero-order valence-corrected chi connectivity index (χ0v) is 13.0. The third-order valence-electron chi connectivity index (χ3n) is 3.28. The zero-order valence-electron chi connectivity index (χ0n) is 12.1. The van der Waals surface area contributed by atoms with E-state index in [0.717, 1.165) is 0 Å². The van der Waals surface area contributed by atoms with Crippen molar-refractivity contribution in [1.29, 1.82) is 0 Å². The van der Waals surface area contributed by atoms with Gasteiger partial charge in [-0.3, -0.25) is 9.88 Å². The van der Waals surface area contributed by atoms with E-state index in [1.807, 2.05) is 0 Å². The first-order valence-corrected chi connectivity index (χ1v) is 8.70. The molecule has 0 spiro atoms. The number of esters is 1. The van der Waals surface area contributed by atoms with Crippen LogP contribution in [0.25, 0.3) is 0 Å². The SMILES string of the molecule is CCP(=O)(CC)N[C@@H](Cc1ccccc1F)C(=O)OC. The van der Waals surface area contributed by atoms with Gasteiger partial charge in [0.25, 0.3) is 0 Å².